The van der Waals surface area contributed by atoms with E-state index in [4.69, 9.17) is 10.8 Å². The Balaban J connectivity index is 2.74. The Morgan fingerprint density at radius 3 is 2.50 bits per heavy atom. The lowest BCUT2D eigenvalue weighted by atomic mass is 10.0. The molecular formula is C13H23N3O4. The predicted octanol–water partition coefficient (Wildman–Crippen LogP) is 0.489. The van der Waals surface area contributed by atoms with Gasteiger partial charge in [0.25, 0.3) is 0 Å². The molecule has 0 radical (unpaired) electrons. The molecule has 2 atom stereocenters. The zero-order chi connectivity index (χ0) is 15.3. The SMILES string of the molecule is CCCCN(CC(N)=O)C(=O)N1CCC(C(=O)O)C1C. The fraction of sp³-hybridized carbons (Fsp3) is 0.769. The third-order valence-electron chi connectivity index (χ3n) is 3.72. The summed E-state index contributed by atoms with van der Waals surface area (Å²) in [5.41, 5.74) is 5.17. The monoisotopic (exact) mass is 285 g/mol. The third kappa shape index (κ3) is 3.85. The highest BCUT2D eigenvalue weighted by Crippen LogP contribution is 2.25. The minimum absolute atomic E-state index is 0.125. The first kappa shape index (κ1) is 16.3. The number of nitrogens with zero attached hydrogens (tertiary/aromatic N) is 2. The molecule has 0 aromatic heterocycles. The number of carbonyl (C=O) groups excluding carboxylic acids is 2. The van der Waals surface area contributed by atoms with Gasteiger partial charge in [0.15, 0.2) is 0 Å². The Bertz CT molecular complexity index is 386. The maximum absolute atomic E-state index is 12.4. The molecule has 0 bridgehead atoms. The van der Waals surface area contributed by atoms with E-state index in [1.165, 1.54) is 9.80 Å². The van der Waals surface area contributed by atoms with Crippen LogP contribution in [0, 0.1) is 5.92 Å². The van der Waals surface area contributed by atoms with Crippen LogP contribution in [0.2, 0.25) is 0 Å². The molecule has 0 saturated carbocycles. The van der Waals surface area contributed by atoms with E-state index >= 15 is 0 Å². The Hall–Kier alpha value is -1.79. The third-order valence-corrected chi connectivity index (χ3v) is 3.72. The second kappa shape index (κ2) is 7.12. The number of rotatable bonds is 6. The largest absolute Gasteiger partial charge is 0.481 e. The number of carbonyl (C=O) groups is 3. The number of carboxylic acids is 1. The van der Waals surface area contributed by atoms with E-state index < -0.39 is 17.8 Å². The molecule has 0 aromatic carbocycles. The van der Waals surface area contributed by atoms with Crippen LogP contribution in [-0.4, -0.2) is 58.5 Å². The smallest absolute Gasteiger partial charge is 0.320 e. The lowest BCUT2D eigenvalue weighted by Gasteiger charge is -2.30. The van der Waals surface area contributed by atoms with Crippen molar-refractivity contribution >= 4 is 17.9 Å². The first-order valence-electron chi connectivity index (χ1n) is 6.95. The molecule has 7 nitrogen and oxygen atoms in total. The van der Waals surface area contributed by atoms with E-state index in [2.05, 4.69) is 0 Å². The van der Waals surface area contributed by atoms with Crippen LogP contribution in [0.1, 0.15) is 33.1 Å². The van der Waals surface area contributed by atoms with E-state index in [9.17, 15) is 14.4 Å². The van der Waals surface area contributed by atoms with Crippen LogP contribution in [0.4, 0.5) is 4.79 Å². The molecule has 1 saturated heterocycles. The summed E-state index contributed by atoms with van der Waals surface area (Å²) >= 11 is 0. The number of hydrogen-bond acceptors (Lipinski definition) is 3. The van der Waals surface area contributed by atoms with Gasteiger partial charge in [0.05, 0.1) is 5.92 Å². The van der Waals surface area contributed by atoms with Crippen molar-refractivity contribution in [2.75, 3.05) is 19.6 Å². The molecule has 1 heterocycles. The Morgan fingerprint density at radius 1 is 1.40 bits per heavy atom. The topological polar surface area (TPSA) is 104 Å². The summed E-state index contributed by atoms with van der Waals surface area (Å²) in [5, 5.41) is 9.08. The van der Waals surface area contributed by atoms with Crippen molar-refractivity contribution < 1.29 is 19.5 Å². The number of primary amides is 1. The molecule has 3 amide bonds. The van der Waals surface area contributed by atoms with Crippen LogP contribution in [0.5, 0.6) is 0 Å². The lowest BCUT2D eigenvalue weighted by Crippen LogP contribution is -2.49. The van der Waals surface area contributed by atoms with Gasteiger partial charge >= 0.3 is 12.0 Å². The average molecular weight is 285 g/mol. The number of unbranched alkanes of at least 4 members (excludes halogenated alkanes) is 1. The fourth-order valence-electron chi connectivity index (χ4n) is 2.50. The zero-order valence-corrected chi connectivity index (χ0v) is 12.0. The molecule has 20 heavy (non-hydrogen) atoms. The van der Waals surface area contributed by atoms with Gasteiger partial charge in [-0.2, -0.15) is 0 Å². The highest BCUT2D eigenvalue weighted by Gasteiger charge is 2.39. The van der Waals surface area contributed by atoms with Crippen LogP contribution in [0.15, 0.2) is 0 Å². The Labute approximate surface area is 118 Å². The molecular weight excluding hydrogens is 262 g/mol. The molecule has 1 aliphatic heterocycles. The number of hydrogen-bond donors (Lipinski definition) is 2. The standard InChI is InChI=1S/C13H23N3O4/c1-3-4-6-15(8-11(14)17)13(20)16-7-5-10(9(16)2)12(18)19/h9-10H,3-8H2,1-2H3,(H2,14,17)(H,18,19). The summed E-state index contributed by atoms with van der Waals surface area (Å²) in [7, 11) is 0. The van der Waals surface area contributed by atoms with Crippen molar-refractivity contribution in [3.05, 3.63) is 0 Å². The first-order valence-corrected chi connectivity index (χ1v) is 6.95. The van der Waals surface area contributed by atoms with Crippen molar-refractivity contribution in [1.82, 2.24) is 9.80 Å². The van der Waals surface area contributed by atoms with Crippen molar-refractivity contribution in [3.63, 3.8) is 0 Å². The second-order valence-corrected chi connectivity index (χ2v) is 5.19. The highest BCUT2D eigenvalue weighted by molar-refractivity contribution is 5.84. The Morgan fingerprint density at radius 2 is 2.05 bits per heavy atom. The summed E-state index contributed by atoms with van der Waals surface area (Å²) in [4.78, 5) is 37.5. The van der Waals surface area contributed by atoms with Crippen LogP contribution in [0.3, 0.4) is 0 Å². The van der Waals surface area contributed by atoms with Gasteiger partial charge in [-0.05, 0) is 19.8 Å². The number of likely N-dealkylation sites (tertiary alicyclic amines) is 1. The molecule has 0 spiro atoms. The maximum atomic E-state index is 12.4. The van der Waals surface area contributed by atoms with Gasteiger partial charge in [-0.25, -0.2) is 4.79 Å². The number of nitrogens with two attached hydrogens (primary N) is 1. The molecule has 3 N–H and O–H groups in total. The predicted molar refractivity (Wildman–Crippen MR) is 73.0 cm³/mol. The van der Waals surface area contributed by atoms with Gasteiger partial charge in [0, 0.05) is 19.1 Å². The number of urea groups is 1. The Kier molecular flexibility index (Phi) is 5.79. The van der Waals surface area contributed by atoms with Gasteiger partial charge in [0.2, 0.25) is 5.91 Å². The summed E-state index contributed by atoms with van der Waals surface area (Å²) in [5.74, 6) is -1.99. The quantitative estimate of drug-likeness (QED) is 0.741. The summed E-state index contributed by atoms with van der Waals surface area (Å²) in [6, 6.07) is -0.662. The van der Waals surface area contributed by atoms with Gasteiger partial charge in [-0.3, -0.25) is 9.59 Å². The number of aliphatic carboxylic acids is 1. The fourth-order valence-corrected chi connectivity index (χ4v) is 2.50. The minimum Gasteiger partial charge on any atom is -0.481 e. The van der Waals surface area contributed by atoms with Gasteiger partial charge in [-0.15, -0.1) is 0 Å². The van der Waals surface area contributed by atoms with Crippen molar-refractivity contribution in [1.29, 1.82) is 0 Å². The highest BCUT2D eigenvalue weighted by atomic mass is 16.4. The second-order valence-electron chi connectivity index (χ2n) is 5.19. The lowest BCUT2D eigenvalue weighted by molar-refractivity contribution is -0.142. The number of carboxylic acid groups (broad SMARTS) is 1. The van der Waals surface area contributed by atoms with Crippen LogP contribution in [-0.2, 0) is 9.59 Å². The molecule has 114 valence electrons. The zero-order valence-electron chi connectivity index (χ0n) is 12.0. The molecule has 0 aromatic rings. The summed E-state index contributed by atoms with van der Waals surface area (Å²) < 4.78 is 0. The van der Waals surface area contributed by atoms with Gasteiger partial charge < -0.3 is 20.6 Å². The first-order chi connectivity index (χ1) is 9.38. The molecule has 1 aliphatic rings. The molecule has 1 rings (SSSR count). The van der Waals surface area contributed by atoms with E-state index in [1.54, 1.807) is 6.92 Å². The normalized spacial score (nSPS) is 21.8. The average Bonchev–Trinajstić information content (AvgIpc) is 2.75. The van der Waals surface area contributed by atoms with Crippen LogP contribution in [0.25, 0.3) is 0 Å². The van der Waals surface area contributed by atoms with Crippen molar-refractivity contribution in [3.8, 4) is 0 Å². The van der Waals surface area contributed by atoms with E-state index in [0.29, 0.717) is 19.5 Å². The molecule has 1 fully saturated rings. The van der Waals surface area contributed by atoms with Gasteiger partial charge in [0.1, 0.15) is 6.54 Å². The van der Waals surface area contributed by atoms with Crippen LogP contribution >= 0.6 is 0 Å². The van der Waals surface area contributed by atoms with Crippen molar-refractivity contribution in [2.45, 2.75) is 39.2 Å². The van der Waals surface area contributed by atoms with E-state index in [0.717, 1.165) is 12.8 Å². The van der Waals surface area contributed by atoms with Gasteiger partial charge in [-0.1, -0.05) is 13.3 Å². The van der Waals surface area contributed by atoms with E-state index in [1.807, 2.05) is 6.92 Å². The minimum atomic E-state index is -0.886. The summed E-state index contributed by atoms with van der Waals surface area (Å²) in [6.07, 6.45) is 2.12. The molecule has 0 aliphatic carbocycles. The molecule has 2 unspecified atom stereocenters. The summed E-state index contributed by atoms with van der Waals surface area (Å²) in [6.45, 7) is 4.45. The van der Waals surface area contributed by atoms with E-state index in [-0.39, 0.29) is 18.6 Å². The van der Waals surface area contributed by atoms with Crippen LogP contribution < -0.4 is 5.73 Å². The number of amides is 3. The maximum Gasteiger partial charge on any atom is 0.320 e. The van der Waals surface area contributed by atoms with Crippen molar-refractivity contribution in [2.24, 2.45) is 11.7 Å². The molecule has 7 heteroatoms.